The molecule has 15 heteroatoms. The summed E-state index contributed by atoms with van der Waals surface area (Å²) in [4.78, 5) is 63.2. The van der Waals surface area contributed by atoms with Crippen LogP contribution in [0, 0.1) is 17.0 Å². The Kier molecular flexibility index (Phi) is 8.71. The molecular formula is C43H43F4N7O4. The number of hydrogen-bond donors (Lipinski definition) is 2. The summed E-state index contributed by atoms with van der Waals surface area (Å²) in [6, 6.07) is 12.0. The Labute approximate surface area is 331 Å². The fourth-order valence-corrected chi connectivity index (χ4v) is 10.6. The number of imide groups is 1. The zero-order valence-electron chi connectivity index (χ0n) is 32.0. The van der Waals surface area contributed by atoms with Crippen LogP contribution < -0.4 is 10.2 Å². The third-order valence-corrected chi connectivity index (χ3v) is 13.4. The van der Waals surface area contributed by atoms with E-state index in [9.17, 15) is 28.0 Å². The Balaban J connectivity index is 0.784. The van der Waals surface area contributed by atoms with Crippen molar-refractivity contribution in [3.05, 3.63) is 99.2 Å². The number of halogens is 4. The molecule has 1 spiro atoms. The summed E-state index contributed by atoms with van der Waals surface area (Å²) < 4.78 is 60.3. The molecule has 11 nitrogen and oxygen atoms in total. The second-order valence-corrected chi connectivity index (χ2v) is 17.2. The van der Waals surface area contributed by atoms with Gasteiger partial charge >= 0.3 is 0 Å². The quantitative estimate of drug-likeness (QED) is 0.203. The molecule has 3 saturated heterocycles. The molecule has 0 aliphatic carbocycles. The number of aromatic nitrogens is 1. The van der Waals surface area contributed by atoms with Crippen LogP contribution in [0.2, 0.25) is 0 Å². The Hall–Kier alpha value is -5.28. The lowest BCUT2D eigenvalue weighted by Crippen LogP contribution is -2.58. The number of carbonyl (C=O) groups is 4. The number of alkyl halides is 2. The largest absolute Gasteiger partial charge is 0.370 e. The van der Waals surface area contributed by atoms with Crippen LogP contribution >= 0.6 is 0 Å². The first kappa shape index (κ1) is 37.0. The number of aromatic amines is 1. The summed E-state index contributed by atoms with van der Waals surface area (Å²) in [5, 5.41) is 3.25. The Morgan fingerprint density at radius 3 is 2.43 bits per heavy atom. The van der Waals surface area contributed by atoms with Crippen LogP contribution in [0.3, 0.4) is 0 Å². The number of carbonyl (C=O) groups excluding carboxylic acids is 4. The molecule has 6 aliphatic rings. The normalized spacial score (nSPS) is 24.2. The van der Waals surface area contributed by atoms with Crippen molar-refractivity contribution in [2.45, 2.75) is 76.8 Å². The maximum absolute atomic E-state index is 16.2. The van der Waals surface area contributed by atoms with Crippen LogP contribution in [-0.4, -0.2) is 106 Å². The predicted molar refractivity (Wildman–Crippen MR) is 205 cm³/mol. The van der Waals surface area contributed by atoms with Crippen LogP contribution in [0.4, 0.5) is 23.2 Å². The van der Waals surface area contributed by atoms with E-state index in [0.717, 1.165) is 39.6 Å². The van der Waals surface area contributed by atoms with Gasteiger partial charge in [0.15, 0.2) is 0 Å². The molecule has 0 saturated carbocycles. The molecule has 4 amide bonds. The molecule has 2 N–H and O–H groups in total. The first-order chi connectivity index (χ1) is 27.8. The van der Waals surface area contributed by atoms with Crippen molar-refractivity contribution in [3.63, 3.8) is 0 Å². The van der Waals surface area contributed by atoms with Crippen molar-refractivity contribution in [1.29, 1.82) is 0 Å². The number of nitrogens with zero attached hydrogens (tertiary/aromatic N) is 5. The topological polar surface area (TPSA) is 112 Å². The van der Waals surface area contributed by atoms with Crippen molar-refractivity contribution in [2.24, 2.45) is 5.41 Å². The molecular weight excluding hydrogens is 755 g/mol. The van der Waals surface area contributed by atoms with E-state index in [0.29, 0.717) is 75.6 Å². The maximum Gasteiger partial charge on any atom is 0.255 e. The number of benzene rings is 3. The minimum absolute atomic E-state index is 0.00336. The fourth-order valence-electron chi connectivity index (χ4n) is 10.6. The standard InChI is InChI=1S/C43H43F4N7O4/c1-23-10-30-28-4-2-3-5-33(28)48-39(30)40(53(23)18-35(46)47)38-31(44)13-27(14-32(38)45)52-21-43(22-52)8-9-51(20-43)37(56)19-50-15-24-11-26-17-54(34-6-7-36(55)49-41(34)57)42(58)29(26)12-25(24)16-50/h2-5,11-14,23,34-35,40,48H,6-10,15-22H2,1H3,(H,49,55,57)/t23-,34?,40-/m1/s1. The highest BCUT2D eigenvalue weighted by Gasteiger charge is 2.50. The van der Waals surface area contributed by atoms with Crippen molar-refractivity contribution in [1.82, 2.24) is 29.9 Å². The predicted octanol–water partition coefficient (Wildman–Crippen LogP) is 4.86. The van der Waals surface area contributed by atoms with Crippen molar-refractivity contribution in [3.8, 4) is 0 Å². The zero-order valence-corrected chi connectivity index (χ0v) is 32.0. The molecule has 7 heterocycles. The summed E-state index contributed by atoms with van der Waals surface area (Å²) in [6.45, 7) is 4.97. The first-order valence-corrected chi connectivity index (χ1v) is 20.0. The van der Waals surface area contributed by atoms with Gasteiger partial charge in [-0.05, 0) is 72.7 Å². The van der Waals surface area contributed by atoms with Gasteiger partial charge in [-0.3, -0.25) is 34.3 Å². The van der Waals surface area contributed by atoms with E-state index in [1.807, 2.05) is 53.1 Å². The molecule has 58 heavy (non-hydrogen) atoms. The summed E-state index contributed by atoms with van der Waals surface area (Å²) in [5.74, 6) is -2.55. The van der Waals surface area contributed by atoms with Gasteiger partial charge in [0.1, 0.15) is 17.7 Å². The molecule has 3 aromatic carbocycles. The zero-order chi connectivity index (χ0) is 40.2. The van der Waals surface area contributed by atoms with Crippen molar-refractivity contribution < 1.29 is 36.7 Å². The average molecular weight is 798 g/mol. The van der Waals surface area contributed by atoms with Gasteiger partial charge in [-0.15, -0.1) is 0 Å². The second-order valence-electron chi connectivity index (χ2n) is 17.2. The van der Waals surface area contributed by atoms with Gasteiger partial charge in [0.2, 0.25) is 17.7 Å². The molecule has 1 unspecified atom stereocenters. The number of likely N-dealkylation sites (tertiary alicyclic amines) is 1. The SMILES string of the molecule is C[C@@H]1Cc2c([nH]c3ccccc23)[C@@H](c2c(F)cc(N3CC4(CCN(C(=O)CN5Cc6cc7c(cc6C5)C(=O)N(C5CCC(=O)NC5=O)C7)C4)C3)cc2F)N1CC(F)F. The Morgan fingerprint density at radius 2 is 1.69 bits per heavy atom. The minimum Gasteiger partial charge on any atom is -0.370 e. The summed E-state index contributed by atoms with van der Waals surface area (Å²) >= 11 is 0. The Morgan fingerprint density at radius 1 is 0.948 bits per heavy atom. The number of fused-ring (bicyclic) bond motifs is 5. The van der Waals surface area contributed by atoms with E-state index < -0.39 is 42.6 Å². The van der Waals surface area contributed by atoms with Gasteiger partial charge in [0, 0.05) is 97.1 Å². The molecule has 1 aromatic heterocycles. The van der Waals surface area contributed by atoms with Gasteiger partial charge in [0.25, 0.3) is 12.3 Å². The molecule has 0 bridgehead atoms. The number of H-pyrrole nitrogens is 1. The summed E-state index contributed by atoms with van der Waals surface area (Å²) in [6.07, 6.45) is -0.939. The van der Waals surface area contributed by atoms with E-state index >= 15 is 8.78 Å². The molecule has 3 atom stereocenters. The van der Waals surface area contributed by atoms with Crippen LogP contribution in [0.15, 0.2) is 48.5 Å². The van der Waals surface area contributed by atoms with Crippen LogP contribution in [0.1, 0.15) is 76.1 Å². The average Bonchev–Trinajstić information content (AvgIpc) is 3.94. The van der Waals surface area contributed by atoms with Gasteiger partial charge in [0.05, 0.1) is 19.1 Å². The number of piperidine rings is 1. The smallest absolute Gasteiger partial charge is 0.255 e. The van der Waals surface area contributed by atoms with Crippen molar-refractivity contribution in [2.75, 3.05) is 44.2 Å². The molecule has 10 rings (SSSR count). The van der Waals surface area contributed by atoms with Gasteiger partial charge in [-0.2, -0.15) is 0 Å². The highest BCUT2D eigenvalue weighted by atomic mass is 19.3. The lowest BCUT2D eigenvalue weighted by Gasteiger charge is -2.49. The third-order valence-electron chi connectivity index (χ3n) is 13.4. The lowest BCUT2D eigenvalue weighted by molar-refractivity contribution is -0.137. The Bertz CT molecular complexity index is 2390. The van der Waals surface area contributed by atoms with E-state index in [2.05, 4.69) is 15.2 Å². The molecule has 302 valence electrons. The van der Waals surface area contributed by atoms with E-state index in [-0.39, 0.29) is 47.7 Å². The highest BCUT2D eigenvalue weighted by Crippen LogP contribution is 2.46. The maximum atomic E-state index is 16.2. The van der Waals surface area contributed by atoms with E-state index in [1.165, 1.54) is 17.0 Å². The highest BCUT2D eigenvalue weighted by molar-refractivity contribution is 6.05. The molecule has 0 radical (unpaired) electrons. The second kappa shape index (κ2) is 13.7. The van der Waals surface area contributed by atoms with Gasteiger partial charge < -0.3 is 19.7 Å². The molecule has 3 fully saturated rings. The van der Waals surface area contributed by atoms with E-state index in [4.69, 9.17) is 0 Å². The minimum atomic E-state index is -2.68. The van der Waals surface area contributed by atoms with Gasteiger partial charge in [-0.1, -0.05) is 24.3 Å². The van der Waals surface area contributed by atoms with Crippen LogP contribution in [0.25, 0.3) is 10.9 Å². The van der Waals surface area contributed by atoms with Crippen LogP contribution in [0.5, 0.6) is 0 Å². The summed E-state index contributed by atoms with van der Waals surface area (Å²) in [5.41, 5.74) is 5.59. The number of nitrogens with one attached hydrogen (secondary N) is 2. The number of amides is 4. The van der Waals surface area contributed by atoms with Gasteiger partial charge in [-0.25, -0.2) is 17.6 Å². The monoisotopic (exact) mass is 797 g/mol. The number of rotatable bonds is 7. The molecule has 6 aliphatic heterocycles. The number of hydrogen-bond acceptors (Lipinski definition) is 7. The number of anilines is 1. The van der Waals surface area contributed by atoms with Crippen molar-refractivity contribution >= 4 is 40.2 Å². The van der Waals surface area contributed by atoms with Crippen LogP contribution in [-0.2, 0) is 40.4 Å². The first-order valence-electron chi connectivity index (χ1n) is 20.0. The fraction of sp³-hybridized carbons (Fsp3) is 0.442. The summed E-state index contributed by atoms with van der Waals surface area (Å²) in [7, 11) is 0. The molecule has 4 aromatic rings. The number of para-hydroxylation sites is 1. The third kappa shape index (κ3) is 6.07. The lowest BCUT2D eigenvalue weighted by atomic mass is 9.78. The van der Waals surface area contributed by atoms with E-state index in [1.54, 1.807) is 4.90 Å².